The summed E-state index contributed by atoms with van der Waals surface area (Å²) >= 11 is 0. The Morgan fingerprint density at radius 1 is 0.450 bits per heavy atom. The molecule has 234 valence electrons. The van der Waals surface area contributed by atoms with Gasteiger partial charge in [0, 0.05) is 19.3 Å². The average molecular weight is 568 g/mol. The smallest absolute Gasteiger partial charge is 0.330 e. The number of carbonyl (C=O) groups excluding carboxylic acids is 4. The summed E-state index contributed by atoms with van der Waals surface area (Å²) in [5, 5.41) is 0. The standard InChI is InChI=1S/C33H61NO6/c1-3-5-7-9-11-13-14-15-16-18-20-22-24-26-31(36)40-33(38)29(34)27-28-32(37)39-30(35)25-23-21-19-17-12-10-8-6-4-2/h29H,3-28,34H2,1-2H3/t29-/m0/s1. The fourth-order valence-corrected chi connectivity index (χ4v) is 4.73. The van der Waals surface area contributed by atoms with Crippen LogP contribution in [0.15, 0.2) is 0 Å². The van der Waals surface area contributed by atoms with Gasteiger partial charge in [0.25, 0.3) is 0 Å². The molecule has 1 atom stereocenters. The van der Waals surface area contributed by atoms with E-state index in [1.54, 1.807) is 0 Å². The summed E-state index contributed by atoms with van der Waals surface area (Å²) in [5.41, 5.74) is 5.76. The molecule has 0 aromatic rings. The molecule has 0 aliphatic carbocycles. The minimum Gasteiger partial charge on any atom is -0.393 e. The SMILES string of the molecule is CCCCCCCCCCCCCCCC(=O)OC(=O)[C@@H](N)CCC(=O)OC(=O)CCCCCCCCCCC. The van der Waals surface area contributed by atoms with Gasteiger partial charge in [-0.25, -0.2) is 4.79 Å². The fraction of sp³-hybridized carbons (Fsp3) is 0.879. The van der Waals surface area contributed by atoms with Crippen LogP contribution in [-0.2, 0) is 28.7 Å². The number of rotatable bonds is 28. The van der Waals surface area contributed by atoms with Gasteiger partial charge in [-0.15, -0.1) is 0 Å². The van der Waals surface area contributed by atoms with Crippen molar-refractivity contribution in [3.63, 3.8) is 0 Å². The molecule has 2 N–H and O–H groups in total. The van der Waals surface area contributed by atoms with E-state index in [0.29, 0.717) is 12.8 Å². The number of esters is 4. The molecule has 0 aromatic carbocycles. The third kappa shape index (κ3) is 26.5. The highest BCUT2D eigenvalue weighted by molar-refractivity contribution is 5.89. The van der Waals surface area contributed by atoms with Crippen molar-refractivity contribution in [1.29, 1.82) is 0 Å². The van der Waals surface area contributed by atoms with Crippen molar-refractivity contribution in [1.82, 2.24) is 0 Å². The first-order valence-electron chi connectivity index (χ1n) is 16.6. The van der Waals surface area contributed by atoms with Gasteiger partial charge in [0.1, 0.15) is 6.04 Å². The van der Waals surface area contributed by atoms with Crippen molar-refractivity contribution >= 4 is 23.9 Å². The highest BCUT2D eigenvalue weighted by Gasteiger charge is 2.21. The van der Waals surface area contributed by atoms with E-state index >= 15 is 0 Å². The van der Waals surface area contributed by atoms with Gasteiger partial charge in [-0.05, 0) is 19.3 Å². The molecule has 0 aliphatic heterocycles. The van der Waals surface area contributed by atoms with E-state index in [1.807, 2.05) is 0 Å². The van der Waals surface area contributed by atoms with Crippen molar-refractivity contribution in [2.75, 3.05) is 0 Å². The van der Waals surface area contributed by atoms with Gasteiger partial charge in [0.05, 0.1) is 0 Å². The van der Waals surface area contributed by atoms with Gasteiger partial charge in [-0.2, -0.15) is 0 Å². The van der Waals surface area contributed by atoms with E-state index in [0.717, 1.165) is 25.7 Å². The molecule has 0 radical (unpaired) electrons. The quantitative estimate of drug-likeness (QED) is 0.0572. The largest absolute Gasteiger partial charge is 0.393 e. The first kappa shape index (κ1) is 38.2. The van der Waals surface area contributed by atoms with Gasteiger partial charge in [0.2, 0.25) is 0 Å². The van der Waals surface area contributed by atoms with Crippen LogP contribution in [-0.4, -0.2) is 29.9 Å². The molecule has 7 nitrogen and oxygen atoms in total. The maximum Gasteiger partial charge on any atom is 0.330 e. The van der Waals surface area contributed by atoms with Crippen LogP contribution in [0.3, 0.4) is 0 Å². The Bertz CT molecular complexity index is 651. The third-order valence-electron chi connectivity index (χ3n) is 7.37. The lowest BCUT2D eigenvalue weighted by molar-refractivity contribution is -0.160. The predicted molar refractivity (Wildman–Crippen MR) is 162 cm³/mol. The molecule has 0 saturated heterocycles. The second-order valence-corrected chi connectivity index (χ2v) is 11.4. The molecule has 0 aliphatic rings. The number of ether oxygens (including phenoxy) is 2. The maximum atomic E-state index is 12.0. The fourth-order valence-electron chi connectivity index (χ4n) is 4.73. The molecule has 0 spiro atoms. The van der Waals surface area contributed by atoms with Crippen LogP contribution in [0.1, 0.15) is 181 Å². The zero-order valence-electron chi connectivity index (χ0n) is 26.0. The number of carbonyl (C=O) groups is 4. The first-order chi connectivity index (χ1) is 19.4. The van der Waals surface area contributed by atoms with E-state index in [2.05, 4.69) is 13.8 Å². The van der Waals surface area contributed by atoms with Crippen LogP contribution in [0.4, 0.5) is 0 Å². The second-order valence-electron chi connectivity index (χ2n) is 11.4. The number of nitrogens with two attached hydrogens (primary N) is 1. The molecule has 40 heavy (non-hydrogen) atoms. The number of hydrogen-bond donors (Lipinski definition) is 1. The van der Waals surface area contributed by atoms with Crippen LogP contribution in [0.5, 0.6) is 0 Å². The summed E-state index contributed by atoms with van der Waals surface area (Å²) in [5.74, 6) is -2.67. The van der Waals surface area contributed by atoms with Crippen molar-refractivity contribution in [2.45, 2.75) is 187 Å². The lowest BCUT2D eigenvalue weighted by Gasteiger charge is -2.10. The number of unbranched alkanes of at least 4 members (excludes halogenated alkanes) is 20. The highest BCUT2D eigenvalue weighted by atomic mass is 16.6. The van der Waals surface area contributed by atoms with Crippen molar-refractivity contribution < 1.29 is 28.7 Å². The van der Waals surface area contributed by atoms with E-state index in [4.69, 9.17) is 15.2 Å². The van der Waals surface area contributed by atoms with E-state index in [9.17, 15) is 19.2 Å². The normalized spacial score (nSPS) is 11.8. The van der Waals surface area contributed by atoms with Gasteiger partial charge in [-0.1, -0.05) is 142 Å². The number of hydrogen-bond acceptors (Lipinski definition) is 7. The summed E-state index contributed by atoms with van der Waals surface area (Å²) in [6.45, 7) is 4.45. The van der Waals surface area contributed by atoms with Gasteiger partial charge < -0.3 is 15.2 Å². The highest BCUT2D eigenvalue weighted by Crippen LogP contribution is 2.14. The third-order valence-corrected chi connectivity index (χ3v) is 7.37. The van der Waals surface area contributed by atoms with E-state index < -0.39 is 29.9 Å². The van der Waals surface area contributed by atoms with Gasteiger partial charge in [0.15, 0.2) is 0 Å². The van der Waals surface area contributed by atoms with Crippen LogP contribution < -0.4 is 5.73 Å². The summed E-state index contributed by atoms with van der Waals surface area (Å²) in [6.07, 6.45) is 26.2. The molecule has 0 unspecified atom stereocenters. The van der Waals surface area contributed by atoms with Crippen LogP contribution in [0.25, 0.3) is 0 Å². The van der Waals surface area contributed by atoms with E-state index in [1.165, 1.54) is 103 Å². The molecular formula is C33H61NO6. The minimum absolute atomic E-state index is 0.0327. The Morgan fingerprint density at radius 2 is 0.750 bits per heavy atom. The zero-order chi connectivity index (χ0) is 29.7. The Morgan fingerprint density at radius 3 is 1.12 bits per heavy atom. The molecule has 0 heterocycles. The van der Waals surface area contributed by atoms with E-state index in [-0.39, 0.29) is 25.7 Å². The molecule has 0 fully saturated rings. The Hall–Kier alpha value is -1.76. The maximum absolute atomic E-state index is 12.0. The van der Waals surface area contributed by atoms with Gasteiger partial charge in [-0.3, -0.25) is 14.4 Å². The first-order valence-corrected chi connectivity index (χ1v) is 16.6. The summed E-state index contributed by atoms with van der Waals surface area (Å²) in [6, 6.07) is -1.10. The molecule has 0 saturated carbocycles. The van der Waals surface area contributed by atoms with Crippen molar-refractivity contribution in [3.05, 3.63) is 0 Å². The monoisotopic (exact) mass is 567 g/mol. The molecular weight excluding hydrogens is 506 g/mol. The van der Waals surface area contributed by atoms with Crippen molar-refractivity contribution in [3.8, 4) is 0 Å². The molecule has 0 aromatic heterocycles. The average Bonchev–Trinajstić information content (AvgIpc) is 2.93. The van der Waals surface area contributed by atoms with Crippen LogP contribution >= 0.6 is 0 Å². The lowest BCUT2D eigenvalue weighted by Crippen LogP contribution is -2.34. The summed E-state index contributed by atoms with van der Waals surface area (Å²) in [7, 11) is 0. The van der Waals surface area contributed by atoms with Crippen LogP contribution in [0.2, 0.25) is 0 Å². The van der Waals surface area contributed by atoms with Crippen molar-refractivity contribution in [2.24, 2.45) is 5.73 Å². The molecule has 7 heteroatoms. The Labute approximate surface area is 245 Å². The molecule has 0 rings (SSSR count). The zero-order valence-corrected chi connectivity index (χ0v) is 26.0. The van der Waals surface area contributed by atoms with Crippen LogP contribution in [0, 0.1) is 0 Å². The van der Waals surface area contributed by atoms with Gasteiger partial charge >= 0.3 is 23.9 Å². The Balaban J connectivity index is 3.68. The second kappa shape index (κ2) is 28.8. The minimum atomic E-state index is -1.10. The topological polar surface area (TPSA) is 113 Å². The molecule has 0 bridgehead atoms. The summed E-state index contributed by atoms with van der Waals surface area (Å²) < 4.78 is 9.63. The molecule has 0 amide bonds. The Kier molecular flexibility index (Phi) is 27.5. The summed E-state index contributed by atoms with van der Waals surface area (Å²) in [4.78, 5) is 47.7. The predicted octanol–water partition coefficient (Wildman–Crippen LogP) is 8.64. The lowest BCUT2D eigenvalue weighted by atomic mass is 10.0.